The zero-order chi connectivity index (χ0) is 14.7. The van der Waals surface area contributed by atoms with Gasteiger partial charge < -0.3 is 15.5 Å². The second kappa shape index (κ2) is 5.54. The van der Waals surface area contributed by atoms with Gasteiger partial charge in [0.15, 0.2) is 0 Å². The van der Waals surface area contributed by atoms with E-state index in [-0.39, 0.29) is 5.91 Å². The van der Waals surface area contributed by atoms with Gasteiger partial charge in [0.1, 0.15) is 17.1 Å². The van der Waals surface area contributed by atoms with E-state index in [1.165, 1.54) is 10.9 Å². The van der Waals surface area contributed by atoms with Gasteiger partial charge >= 0.3 is 0 Å². The SMILES string of the molecule is Nc1c(C(=O)NCc2ccco2)cnn1-c1ccccc1. The first-order chi connectivity index (χ1) is 10.3. The number of hydrogen-bond acceptors (Lipinski definition) is 4. The molecule has 21 heavy (non-hydrogen) atoms. The molecule has 0 radical (unpaired) electrons. The van der Waals surface area contributed by atoms with Crippen molar-refractivity contribution < 1.29 is 9.21 Å². The van der Waals surface area contributed by atoms with Crippen LogP contribution < -0.4 is 11.1 Å². The average Bonchev–Trinajstić information content (AvgIpc) is 3.15. The number of carbonyl (C=O) groups excluding carboxylic acids is 1. The summed E-state index contributed by atoms with van der Waals surface area (Å²) in [6.45, 7) is 0.307. The first kappa shape index (κ1) is 13.0. The van der Waals surface area contributed by atoms with Crippen molar-refractivity contribution in [2.75, 3.05) is 5.73 Å². The van der Waals surface area contributed by atoms with E-state index >= 15 is 0 Å². The topological polar surface area (TPSA) is 86.1 Å². The van der Waals surface area contributed by atoms with Crippen molar-refractivity contribution >= 4 is 11.7 Å². The van der Waals surface area contributed by atoms with E-state index in [4.69, 9.17) is 10.2 Å². The monoisotopic (exact) mass is 282 g/mol. The van der Waals surface area contributed by atoms with Crippen molar-refractivity contribution in [3.05, 3.63) is 66.2 Å². The number of furan rings is 1. The molecular weight excluding hydrogens is 268 g/mol. The van der Waals surface area contributed by atoms with Crippen molar-refractivity contribution in [2.45, 2.75) is 6.54 Å². The summed E-state index contributed by atoms with van der Waals surface area (Å²) in [7, 11) is 0. The molecule has 0 saturated heterocycles. The van der Waals surface area contributed by atoms with Crippen LogP contribution in [0.25, 0.3) is 5.69 Å². The van der Waals surface area contributed by atoms with Crippen LogP contribution in [0.15, 0.2) is 59.3 Å². The molecule has 0 aliphatic carbocycles. The molecule has 0 aliphatic heterocycles. The van der Waals surface area contributed by atoms with Crippen LogP contribution in [-0.2, 0) is 6.54 Å². The highest BCUT2D eigenvalue weighted by Gasteiger charge is 2.15. The van der Waals surface area contributed by atoms with E-state index in [1.807, 2.05) is 30.3 Å². The minimum absolute atomic E-state index is 0.286. The van der Waals surface area contributed by atoms with Gasteiger partial charge in [-0.05, 0) is 24.3 Å². The van der Waals surface area contributed by atoms with Crippen molar-refractivity contribution in [1.82, 2.24) is 15.1 Å². The first-order valence-electron chi connectivity index (χ1n) is 6.45. The lowest BCUT2D eigenvalue weighted by Gasteiger charge is -2.05. The molecule has 3 aromatic rings. The molecule has 3 N–H and O–H groups in total. The van der Waals surface area contributed by atoms with Gasteiger partial charge in [0.2, 0.25) is 0 Å². The Hall–Kier alpha value is -3.02. The van der Waals surface area contributed by atoms with Gasteiger partial charge in [0.05, 0.1) is 24.7 Å². The summed E-state index contributed by atoms with van der Waals surface area (Å²) in [6, 6.07) is 13.0. The molecule has 3 rings (SSSR count). The number of nitrogen functional groups attached to an aromatic ring is 1. The van der Waals surface area contributed by atoms with E-state index in [1.54, 1.807) is 18.4 Å². The molecule has 6 nitrogen and oxygen atoms in total. The molecule has 106 valence electrons. The summed E-state index contributed by atoms with van der Waals surface area (Å²) in [6.07, 6.45) is 3.02. The van der Waals surface area contributed by atoms with E-state index in [0.29, 0.717) is 23.7 Å². The van der Waals surface area contributed by atoms with Gasteiger partial charge in [-0.25, -0.2) is 4.68 Å². The third-order valence-electron chi connectivity index (χ3n) is 3.06. The second-order valence-electron chi connectivity index (χ2n) is 4.45. The van der Waals surface area contributed by atoms with Gasteiger partial charge in [0, 0.05) is 0 Å². The number of rotatable bonds is 4. The van der Waals surface area contributed by atoms with Crippen LogP contribution in [0.2, 0.25) is 0 Å². The predicted octanol–water partition coefficient (Wildman–Crippen LogP) is 1.98. The molecule has 0 atom stereocenters. The Labute approximate surface area is 121 Å². The molecule has 0 aliphatic rings. The number of nitrogens with two attached hydrogens (primary N) is 1. The Kier molecular flexibility index (Phi) is 3.42. The van der Waals surface area contributed by atoms with Gasteiger partial charge in [-0.1, -0.05) is 18.2 Å². The number of amides is 1. The van der Waals surface area contributed by atoms with Crippen LogP contribution in [0.3, 0.4) is 0 Å². The highest BCUT2D eigenvalue weighted by Crippen LogP contribution is 2.16. The molecule has 0 unspecified atom stereocenters. The van der Waals surface area contributed by atoms with E-state index in [0.717, 1.165) is 5.69 Å². The summed E-state index contributed by atoms with van der Waals surface area (Å²) in [4.78, 5) is 12.1. The predicted molar refractivity (Wildman–Crippen MR) is 77.9 cm³/mol. The Morgan fingerprint density at radius 1 is 1.24 bits per heavy atom. The molecule has 2 heterocycles. The standard InChI is InChI=1S/C15H14N4O2/c16-14-13(15(20)17-9-12-7-4-8-21-12)10-18-19(14)11-5-2-1-3-6-11/h1-8,10H,9,16H2,(H,17,20). The van der Waals surface area contributed by atoms with E-state index in [9.17, 15) is 4.79 Å². The maximum Gasteiger partial charge on any atom is 0.257 e. The number of hydrogen-bond donors (Lipinski definition) is 2. The van der Waals surface area contributed by atoms with E-state index < -0.39 is 0 Å². The molecule has 0 spiro atoms. The van der Waals surface area contributed by atoms with Crippen molar-refractivity contribution in [1.29, 1.82) is 0 Å². The molecular formula is C15H14N4O2. The number of anilines is 1. The maximum absolute atomic E-state index is 12.1. The highest BCUT2D eigenvalue weighted by atomic mass is 16.3. The third-order valence-corrected chi connectivity index (χ3v) is 3.06. The van der Waals surface area contributed by atoms with Crippen molar-refractivity contribution in [2.24, 2.45) is 0 Å². The van der Waals surface area contributed by atoms with Crippen LogP contribution >= 0.6 is 0 Å². The minimum atomic E-state index is -0.286. The van der Waals surface area contributed by atoms with Crippen molar-refractivity contribution in [3.8, 4) is 5.69 Å². The molecule has 0 fully saturated rings. The lowest BCUT2D eigenvalue weighted by atomic mass is 10.3. The van der Waals surface area contributed by atoms with Gasteiger partial charge in [-0.2, -0.15) is 5.10 Å². The number of benzene rings is 1. The van der Waals surface area contributed by atoms with Crippen LogP contribution in [0.5, 0.6) is 0 Å². The molecule has 0 saturated carbocycles. The Balaban J connectivity index is 1.77. The average molecular weight is 282 g/mol. The fourth-order valence-electron chi connectivity index (χ4n) is 1.98. The van der Waals surface area contributed by atoms with Crippen LogP contribution in [0, 0.1) is 0 Å². The number of nitrogens with one attached hydrogen (secondary N) is 1. The molecule has 1 amide bonds. The molecule has 1 aromatic carbocycles. The number of para-hydroxylation sites is 1. The van der Waals surface area contributed by atoms with Crippen molar-refractivity contribution in [3.63, 3.8) is 0 Å². The normalized spacial score (nSPS) is 10.5. The minimum Gasteiger partial charge on any atom is -0.467 e. The number of aromatic nitrogens is 2. The van der Waals surface area contributed by atoms with Crippen LogP contribution in [0.4, 0.5) is 5.82 Å². The van der Waals surface area contributed by atoms with Crippen LogP contribution in [-0.4, -0.2) is 15.7 Å². The smallest absolute Gasteiger partial charge is 0.257 e. The molecule has 0 bridgehead atoms. The van der Waals surface area contributed by atoms with Gasteiger partial charge in [-0.3, -0.25) is 4.79 Å². The van der Waals surface area contributed by atoms with Gasteiger partial charge in [0.25, 0.3) is 5.91 Å². The third kappa shape index (κ3) is 2.64. The molecule has 2 aromatic heterocycles. The summed E-state index contributed by atoms with van der Waals surface area (Å²) in [5.41, 5.74) is 7.15. The van der Waals surface area contributed by atoms with Gasteiger partial charge in [-0.15, -0.1) is 0 Å². The Bertz CT molecular complexity index is 732. The Morgan fingerprint density at radius 3 is 2.76 bits per heavy atom. The number of carbonyl (C=O) groups is 1. The maximum atomic E-state index is 12.1. The largest absolute Gasteiger partial charge is 0.467 e. The van der Waals surface area contributed by atoms with E-state index in [2.05, 4.69) is 10.4 Å². The lowest BCUT2D eigenvalue weighted by Crippen LogP contribution is -2.23. The zero-order valence-corrected chi connectivity index (χ0v) is 11.2. The summed E-state index contributed by atoms with van der Waals surface area (Å²) < 4.78 is 6.69. The fraction of sp³-hybridized carbons (Fsp3) is 0.0667. The number of nitrogens with zero attached hydrogens (tertiary/aromatic N) is 2. The first-order valence-corrected chi connectivity index (χ1v) is 6.45. The fourth-order valence-corrected chi connectivity index (χ4v) is 1.98. The Morgan fingerprint density at radius 2 is 2.05 bits per heavy atom. The lowest BCUT2D eigenvalue weighted by molar-refractivity contribution is 0.0949. The van der Waals surface area contributed by atoms with Crippen LogP contribution in [0.1, 0.15) is 16.1 Å². The summed E-state index contributed by atoms with van der Waals surface area (Å²) >= 11 is 0. The molecule has 6 heteroatoms. The zero-order valence-electron chi connectivity index (χ0n) is 11.2. The second-order valence-corrected chi connectivity index (χ2v) is 4.45. The summed E-state index contributed by atoms with van der Waals surface area (Å²) in [5, 5.41) is 6.90. The quantitative estimate of drug-likeness (QED) is 0.766. The summed E-state index contributed by atoms with van der Waals surface area (Å²) in [5.74, 6) is 0.696. The highest BCUT2D eigenvalue weighted by molar-refractivity contribution is 5.98.